The van der Waals surface area contributed by atoms with Crippen molar-refractivity contribution in [2.75, 3.05) is 23.1 Å². The summed E-state index contributed by atoms with van der Waals surface area (Å²) in [5.74, 6) is -1.10. The third kappa shape index (κ3) is 4.42. The van der Waals surface area contributed by atoms with Crippen LogP contribution in [0.5, 0.6) is 5.75 Å². The maximum atomic E-state index is 12.9. The summed E-state index contributed by atoms with van der Waals surface area (Å²) < 4.78 is 5.12. The molecular formula is C22H20ClN5O4. The number of aryl methyl sites for hydroxylation is 1. The Labute approximate surface area is 188 Å². The molecule has 1 unspecified atom stereocenters. The number of nitrogens with zero attached hydrogens (tertiary/aromatic N) is 1. The van der Waals surface area contributed by atoms with Gasteiger partial charge < -0.3 is 20.7 Å². The van der Waals surface area contributed by atoms with Gasteiger partial charge in [0.05, 0.1) is 29.3 Å². The SMILES string of the molecule is COc1ccc(Nc2nc3c(c(=O)[nH]2)C(C(=O)Nc2ccc(C)cc2Cl)CC(=O)N3)cc1. The van der Waals surface area contributed by atoms with Crippen LogP contribution in [-0.2, 0) is 9.59 Å². The Morgan fingerprint density at radius 3 is 2.62 bits per heavy atom. The first-order chi connectivity index (χ1) is 15.3. The van der Waals surface area contributed by atoms with Gasteiger partial charge in [0.1, 0.15) is 11.6 Å². The number of aromatic amines is 1. The summed E-state index contributed by atoms with van der Waals surface area (Å²) in [6, 6.07) is 12.2. The van der Waals surface area contributed by atoms with Crippen molar-refractivity contribution in [3.8, 4) is 5.75 Å². The summed E-state index contributed by atoms with van der Waals surface area (Å²) in [5.41, 5.74) is 1.55. The standard InChI is InChI=1S/C22H20ClN5O4/c1-11-3-8-16(15(23)9-11)25-20(30)14-10-17(29)26-19-18(14)21(31)28-22(27-19)24-12-4-6-13(32-2)7-5-12/h3-9,14H,10H2,1-2H3,(H,25,30)(H3,24,26,27,28,29,31). The Kier molecular flexibility index (Phi) is 5.83. The first-order valence-corrected chi connectivity index (χ1v) is 10.1. The van der Waals surface area contributed by atoms with Crippen LogP contribution in [0.1, 0.15) is 23.5 Å². The molecule has 2 amide bonds. The fourth-order valence-electron chi connectivity index (χ4n) is 3.41. The van der Waals surface area contributed by atoms with Gasteiger partial charge in [0.25, 0.3) is 5.56 Å². The minimum Gasteiger partial charge on any atom is -0.497 e. The van der Waals surface area contributed by atoms with Crippen LogP contribution in [0.2, 0.25) is 5.02 Å². The molecule has 0 saturated carbocycles. The van der Waals surface area contributed by atoms with Gasteiger partial charge in [-0.2, -0.15) is 4.98 Å². The van der Waals surface area contributed by atoms with Crippen LogP contribution in [0, 0.1) is 6.92 Å². The summed E-state index contributed by atoms with van der Waals surface area (Å²) in [6.07, 6.45) is -0.182. The molecule has 2 aromatic carbocycles. The summed E-state index contributed by atoms with van der Waals surface area (Å²) in [5, 5.41) is 8.61. The van der Waals surface area contributed by atoms with E-state index in [4.69, 9.17) is 16.3 Å². The van der Waals surface area contributed by atoms with Crippen molar-refractivity contribution in [3.63, 3.8) is 0 Å². The van der Waals surface area contributed by atoms with Crippen molar-refractivity contribution in [2.45, 2.75) is 19.3 Å². The van der Waals surface area contributed by atoms with E-state index in [-0.39, 0.29) is 23.8 Å². The van der Waals surface area contributed by atoms with Crippen molar-refractivity contribution < 1.29 is 14.3 Å². The Bertz CT molecular complexity index is 1260. The number of H-pyrrole nitrogens is 1. The van der Waals surface area contributed by atoms with Gasteiger partial charge in [-0.05, 0) is 48.9 Å². The number of nitrogens with one attached hydrogen (secondary N) is 4. The summed E-state index contributed by atoms with van der Waals surface area (Å²) in [6.45, 7) is 1.88. The molecule has 1 atom stereocenters. The van der Waals surface area contributed by atoms with Gasteiger partial charge in [0.15, 0.2) is 0 Å². The number of amides is 2. The number of ether oxygens (including phenoxy) is 1. The summed E-state index contributed by atoms with van der Waals surface area (Å²) in [4.78, 5) is 45.0. The molecule has 1 aliphatic rings. The molecule has 9 nitrogen and oxygen atoms in total. The molecule has 0 aliphatic carbocycles. The smallest absolute Gasteiger partial charge is 0.258 e. The fourth-order valence-corrected chi connectivity index (χ4v) is 3.69. The Morgan fingerprint density at radius 2 is 1.94 bits per heavy atom. The van der Waals surface area contributed by atoms with Crippen LogP contribution >= 0.6 is 11.6 Å². The number of carbonyl (C=O) groups is 2. The van der Waals surface area contributed by atoms with E-state index >= 15 is 0 Å². The van der Waals surface area contributed by atoms with Crippen LogP contribution in [0.15, 0.2) is 47.3 Å². The molecule has 0 bridgehead atoms. The molecule has 0 saturated heterocycles. The molecule has 2 heterocycles. The number of methoxy groups -OCH3 is 1. The van der Waals surface area contributed by atoms with E-state index in [0.717, 1.165) is 5.56 Å². The van der Waals surface area contributed by atoms with Crippen molar-refractivity contribution in [1.82, 2.24) is 9.97 Å². The zero-order valence-electron chi connectivity index (χ0n) is 17.3. The zero-order valence-corrected chi connectivity index (χ0v) is 18.0. The molecule has 10 heteroatoms. The lowest BCUT2D eigenvalue weighted by atomic mass is 9.92. The van der Waals surface area contributed by atoms with E-state index in [1.54, 1.807) is 49.6 Å². The van der Waals surface area contributed by atoms with Crippen molar-refractivity contribution in [3.05, 3.63) is 69.0 Å². The number of benzene rings is 2. The monoisotopic (exact) mass is 453 g/mol. The highest BCUT2D eigenvalue weighted by Crippen LogP contribution is 2.31. The van der Waals surface area contributed by atoms with Gasteiger partial charge in [0.2, 0.25) is 17.8 Å². The second-order valence-corrected chi connectivity index (χ2v) is 7.71. The summed E-state index contributed by atoms with van der Waals surface area (Å²) >= 11 is 6.20. The number of aromatic nitrogens is 2. The first kappa shape index (κ1) is 21.4. The van der Waals surface area contributed by atoms with E-state index in [0.29, 0.717) is 22.1 Å². The number of anilines is 4. The van der Waals surface area contributed by atoms with Crippen molar-refractivity contribution in [2.24, 2.45) is 0 Å². The molecule has 0 spiro atoms. The predicted molar refractivity (Wildman–Crippen MR) is 122 cm³/mol. The highest BCUT2D eigenvalue weighted by Gasteiger charge is 2.35. The molecule has 1 aliphatic heterocycles. The van der Waals surface area contributed by atoms with Crippen molar-refractivity contribution >= 4 is 46.6 Å². The third-order valence-electron chi connectivity index (χ3n) is 5.00. The van der Waals surface area contributed by atoms with E-state index < -0.39 is 23.3 Å². The molecule has 4 N–H and O–H groups in total. The number of hydrogen-bond donors (Lipinski definition) is 4. The van der Waals surface area contributed by atoms with Crippen LogP contribution in [0.25, 0.3) is 0 Å². The maximum absolute atomic E-state index is 12.9. The average Bonchev–Trinajstić information content (AvgIpc) is 2.75. The molecule has 3 aromatic rings. The Hall–Kier alpha value is -3.85. The lowest BCUT2D eigenvalue weighted by Crippen LogP contribution is -2.36. The van der Waals surface area contributed by atoms with Crippen LogP contribution in [-0.4, -0.2) is 28.9 Å². The van der Waals surface area contributed by atoms with Gasteiger partial charge >= 0.3 is 0 Å². The molecular weight excluding hydrogens is 434 g/mol. The maximum Gasteiger partial charge on any atom is 0.258 e. The molecule has 4 rings (SSSR count). The normalized spacial score (nSPS) is 14.8. The third-order valence-corrected chi connectivity index (χ3v) is 5.32. The molecule has 32 heavy (non-hydrogen) atoms. The lowest BCUT2D eigenvalue weighted by Gasteiger charge is -2.24. The largest absolute Gasteiger partial charge is 0.497 e. The number of carbonyl (C=O) groups excluding carboxylic acids is 2. The molecule has 0 radical (unpaired) electrons. The molecule has 1 aromatic heterocycles. The van der Waals surface area contributed by atoms with E-state index in [1.807, 2.05) is 6.92 Å². The highest BCUT2D eigenvalue weighted by molar-refractivity contribution is 6.33. The van der Waals surface area contributed by atoms with Gasteiger partial charge in [-0.3, -0.25) is 19.4 Å². The van der Waals surface area contributed by atoms with E-state index in [9.17, 15) is 14.4 Å². The van der Waals surface area contributed by atoms with Crippen molar-refractivity contribution in [1.29, 1.82) is 0 Å². The predicted octanol–water partition coefficient (Wildman–Crippen LogP) is 3.55. The second-order valence-electron chi connectivity index (χ2n) is 7.31. The van der Waals surface area contributed by atoms with Crippen LogP contribution in [0.3, 0.4) is 0 Å². The first-order valence-electron chi connectivity index (χ1n) is 9.76. The average molecular weight is 454 g/mol. The highest BCUT2D eigenvalue weighted by atomic mass is 35.5. The molecule has 164 valence electrons. The minimum absolute atomic E-state index is 0.0381. The second kappa shape index (κ2) is 8.72. The van der Waals surface area contributed by atoms with E-state index in [1.165, 1.54) is 0 Å². The van der Waals surface area contributed by atoms with Gasteiger partial charge in [-0.25, -0.2) is 0 Å². The molecule has 0 fully saturated rings. The number of hydrogen-bond acceptors (Lipinski definition) is 6. The zero-order chi connectivity index (χ0) is 22.8. The quantitative estimate of drug-likeness (QED) is 0.468. The number of fused-ring (bicyclic) bond motifs is 1. The van der Waals surface area contributed by atoms with Gasteiger partial charge in [-0.1, -0.05) is 17.7 Å². The minimum atomic E-state index is -1.01. The van der Waals surface area contributed by atoms with Gasteiger partial charge in [0, 0.05) is 12.1 Å². The van der Waals surface area contributed by atoms with Crippen LogP contribution < -0.4 is 26.2 Å². The summed E-state index contributed by atoms with van der Waals surface area (Å²) in [7, 11) is 1.56. The Balaban J connectivity index is 1.62. The van der Waals surface area contributed by atoms with Crippen LogP contribution in [0.4, 0.5) is 23.1 Å². The fraction of sp³-hybridized carbons (Fsp3) is 0.182. The van der Waals surface area contributed by atoms with E-state index in [2.05, 4.69) is 25.9 Å². The van der Waals surface area contributed by atoms with Gasteiger partial charge in [-0.15, -0.1) is 0 Å². The topological polar surface area (TPSA) is 125 Å². The Morgan fingerprint density at radius 1 is 1.19 bits per heavy atom. The lowest BCUT2D eigenvalue weighted by molar-refractivity contribution is -0.123. The number of halogens is 1. The number of rotatable bonds is 5.